The summed E-state index contributed by atoms with van der Waals surface area (Å²) in [5, 5.41) is 11.7. The number of nitriles is 1. The predicted octanol–water partition coefficient (Wildman–Crippen LogP) is 4.46. The second kappa shape index (κ2) is 7.95. The summed E-state index contributed by atoms with van der Waals surface area (Å²) in [5.74, 6) is -0.371. The molecule has 5 heteroatoms. The van der Waals surface area contributed by atoms with E-state index in [0.29, 0.717) is 22.6 Å². The van der Waals surface area contributed by atoms with Gasteiger partial charge in [-0.2, -0.15) is 5.26 Å². The first-order valence-electron chi connectivity index (χ1n) is 7.94. The third-order valence-electron chi connectivity index (χ3n) is 3.67. The normalized spacial score (nSPS) is 11.2. The van der Waals surface area contributed by atoms with Crippen LogP contribution in [-0.4, -0.2) is 5.91 Å². The number of nitrogens with one attached hydrogen (secondary N) is 1. The molecule has 0 aliphatic rings. The number of hydrogen-bond donors (Lipinski definition) is 1. The Bertz CT molecular complexity index is 934. The van der Waals surface area contributed by atoms with Crippen LogP contribution in [0.25, 0.3) is 0 Å². The van der Waals surface area contributed by atoms with Gasteiger partial charge in [0.25, 0.3) is 5.91 Å². The largest absolute Gasteiger partial charge is 0.476 e. The van der Waals surface area contributed by atoms with Crippen molar-refractivity contribution in [3.05, 3.63) is 95.8 Å². The third-order valence-corrected chi connectivity index (χ3v) is 3.67. The van der Waals surface area contributed by atoms with Crippen LogP contribution < -0.4 is 10.1 Å². The molecule has 1 amide bonds. The van der Waals surface area contributed by atoms with Crippen molar-refractivity contribution in [3.8, 4) is 11.8 Å². The fourth-order valence-electron chi connectivity index (χ4n) is 2.42. The second-order valence-corrected chi connectivity index (χ2v) is 5.54. The van der Waals surface area contributed by atoms with Crippen LogP contribution in [0.5, 0.6) is 5.75 Å². The van der Waals surface area contributed by atoms with Crippen LogP contribution in [0.4, 0.5) is 10.1 Å². The quantitative estimate of drug-likeness (QED) is 0.742. The molecule has 26 heavy (non-hydrogen) atoms. The standard InChI is InChI=1S/C21H15FN2O2/c22-17-9-11-18(12-10-17)24-21(25)20(16-6-2-1-3-7-16)26-19-8-4-5-15(13-19)14-23/h1-13,20H,(H,24,25)/t20-/m1/s1. The number of amides is 1. The first-order chi connectivity index (χ1) is 12.7. The van der Waals surface area contributed by atoms with Gasteiger partial charge >= 0.3 is 0 Å². The van der Waals surface area contributed by atoms with Crippen LogP contribution in [0.1, 0.15) is 17.2 Å². The molecule has 3 aromatic rings. The maximum absolute atomic E-state index is 13.0. The number of rotatable bonds is 5. The minimum Gasteiger partial charge on any atom is -0.476 e. The minimum absolute atomic E-state index is 0.382. The Morgan fingerprint density at radius 3 is 2.42 bits per heavy atom. The molecule has 3 rings (SSSR count). The molecular formula is C21H15FN2O2. The first kappa shape index (κ1) is 17.2. The Balaban J connectivity index is 1.86. The number of ether oxygens (including phenoxy) is 1. The van der Waals surface area contributed by atoms with Gasteiger partial charge in [-0.15, -0.1) is 0 Å². The van der Waals surface area contributed by atoms with Crippen molar-refractivity contribution in [1.82, 2.24) is 0 Å². The Morgan fingerprint density at radius 1 is 1.00 bits per heavy atom. The monoisotopic (exact) mass is 346 g/mol. The molecule has 0 aliphatic heterocycles. The lowest BCUT2D eigenvalue weighted by molar-refractivity contribution is -0.123. The summed E-state index contributed by atoms with van der Waals surface area (Å²) >= 11 is 0. The summed E-state index contributed by atoms with van der Waals surface area (Å²) in [6, 6.07) is 23.1. The van der Waals surface area contributed by atoms with Gasteiger partial charge in [-0.1, -0.05) is 36.4 Å². The Labute approximate surface area is 150 Å². The number of carbonyl (C=O) groups is 1. The van der Waals surface area contributed by atoms with E-state index in [9.17, 15) is 9.18 Å². The van der Waals surface area contributed by atoms with E-state index >= 15 is 0 Å². The zero-order valence-corrected chi connectivity index (χ0v) is 13.7. The molecule has 1 N–H and O–H groups in total. The molecule has 1 atom stereocenters. The number of halogens is 1. The summed E-state index contributed by atoms with van der Waals surface area (Å²) in [6.45, 7) is 0. The maximum atomic E-state index is 13.0. The van der Waals surface area contributed by atoms with E-state index in [1.54, 1.807) is 36.4 Å². The van der Waals surface area contributed by atoms with Crippen molar-refractivity contribution in [1.29, 1.82) is 5.26 Å². The molecule has 0 radical (unpaired) electrons. The fourth-order valence-corrected chi connectivity index (χ4v) is 2.42. The van der Waals surface area contributed by atoms with E-state index in [1.165, 1.54) is 24.3 Å². The number of anilines is 1. The molecule has 3 aromatic carbocycles. The van der Waals surface area contributed by atoms with Crippen LogP contribution in [0.15, 0.2) is 78.9 Å². The molecular weight excluding hydrogens is 331 g/mol. The van der Waals surface area contributed by atoms with Gasteiger partial charge in [0.15, 0.2) is 0 Å². The van der Waals surface area contributed by atoms with E-state index in [1.807, 2.05) is 24.3 Å². The molecule has 0 spiro atoms. The lowest BCUT2D eigenvalue weighted by Gasteiger charge is -2.19. The Hall–Kier alpha value is -3.65. The molecule has 0 saturated carbocycles. The Morgan fingerprint density at radius 2 is 1.73 bits per heavy atom. The second-order valence-electron chi connectivity index (χ2n) is 5.54. The zero-order chi connectivity index (χ0) is 18.4. The van der Waals surface area contributed by atoms with E-state index in [-0.39, 0.29) is 5.82 Å². The molecule has 128 valence electrons. The van der Waals surface area contributed by atoms with Gasteiger partial charge in [0.1, 0.15) is 11.6 Å². The van der Waals surface area contributed by atoms with Crippen LogP contribution in [0, 0.1) is 17.1 Å². The van der Waals surface area contributed by atoms with Gasteiger partial charge in [0, 0.05) is 11.3 Å². The molecule has 0 heterocycles. The van der Waals surface area contributed by atoms with Crippen molar-refractivity contribution >= 4 is 11.6 Å². The summed E-state index contributed by atoms with van der Waals surface area (Å²) in [4.78, 5) is 12.8. The van der Waals surface area contributed by atoms with E-state index in [2.05, 4.69) is 5.32 Å². The molecule has 0 bridgehead atoms. The van der Waals surface area contributed by atoms with Crippen molar-refractivity contribution in [3.63, 3.8) is 0 Å². The summed E-state index contributed by atoms with van der Waals surface area (Å²) in [5.41, 5.74) is 1.56. The summed E-state index contributed by atoms with van der Waals surface area (Å²) in [6.07, 6.45) is -0.921. The summed E-state index contributed by atoms with van der Waals surface area (Å²) < 4.78 is 18.9. The smallest absolute Gasteiger partial charge is 0.270 e. The molecule has 0 unspecified atom stereocenters. The molecule has 0 aliphatic carbocycles. The average molecular weight is 346 g/mol. The van der Waals surface area contributed by atoms with Crippen LogP contribution in [0.3, 0.4) is 0 Å². The average Bonchev–Trinajstić information content (AvgIpc) is 2.68. The highest BCUT2D eigenvalue weighted by Crippen LogP contribution is 2.24. The lowest BCUT2D eigenvalue weighted by atomic mass is 10.1. The van der Waals surface area contributed by atoms with Crippen LogP contribution in [-0.2, 0) is 4.79 Å². The van der Waals surface area contributed by atoms with E-state index in [0.717, 1.165) is 0 Å². The van der Waals surface area contributed by atoms with Gasteiger partial charge < -0.3 is 10.1 Å². The number of benzene rings is 3. The van der Waals surface area contributed by atoms with Gasteiger partial charge in [-0.3, -0.25) is 4.79 Å². The molecule has 4 nitrogen and oxygen atoms in total. The molecule has 0 saturated heterocycles. The first-order valence-corrected chi connectivity index (χ1v) is 7.94. The lowest BCUT2D eigenvalue weighted by Crippen LogP contribution is -2.25. The minimum atomic E-state index is -0.921. The highest BCUT2D eigenvalue weighted by molar-refractivity contribution is 5.95. The number of hydrogen-bond acceptors (Lipinski definition) is 3. The van der Waals surface area contributed by atoms with Crippen molar-refractivity contribution in [2.24, 2.45) is 0 Å². The number of nitrogens with zero attached hydrogens (tertiary/aromatic N) is 1. The number of carbonyl (C=O) groups excluding carboxylic acids is 1. The SMILES string of the molecule is N#Cc1cccc(O[C@@H](C(=O)Nc2ccc(F)cc2)c2ccccc2)c1. The predicted molar refractivity (Wildman–Crippen MR) is 96.0 cm³/mol. The maximum Gasteiger partial charge on any atom is 0.270 e. The van der Waals surface area contributed by atoms with Crippen molar-refractivity contribution < 1.29 is 13.9 Å². The molecule has 0 fully saturated rings. The third kappa shape index (κ3) is 4.25. The van der Waals surface area contributed by atoms with Gasteiger partial charge in [-0.25, -0.2) is 4.39 Å². The fraction of sp³-hybridized carbons (Fsp3) is 0.0476. The highest BCUT2D eigenvalue weighted by atomic mass is 19.1. The van der Waals surface area contributed by atoms with Crippen molar-refractivity contribution in [2.45, 2.75) is 6.10 Å². The van der Waals surface area contributed by atoms with Crippen LogP contribution in [0.2, 0.25) is 0 Å². The van der Waals surface area contributed by atoms with E-state index < -0.39 is 12.0 Å². The Kier molecular flexibility index (Phi) is 5.25. The zero-order valence-electron chi connectivity index (χ0n) is 13.7. The highest BCUT2D eigenvalue weighted by Gasteiger charge is 2.23. The molecule has 0 aromatic heterocycles. The van der Waals surface area contributed by atoms with Gasteiger partial charge in [-0.05, 0) is 42.5 Å². The van der Waals surface area contributed by atoms with Gasteiger partial charge in [0.05, 0.1) is 11.6 Å². The van der Waals surface area contributed by atoms with Gasteiger partial charge in [0.2, 0.25) is 6.10 Å². The van der Waals surface area contributed by atoms with E-state index in [4.69, 9.17) is 10.00 Å². The topological polar surface area (TPSA) is 62.1 Å². The van der Waals surface area contributed by atoms with Crippen LogP contribution >= 0.6 is 0 Å². The summed E-state index contributed by atoms with van der Waals surface area (Å²) in [7, 11) is 0. The van der Waals surface area contributed by atoms with Crippen molar-refractivity contribution in [2.75, 3.05) is 5.32 Å².